The van der Waals surface area contributed by atoms with Crippen LogP contribution < -0.4 is 10.5 Å². The molecule has 1 aromatic rings. The topological polar surface area (TPSA) is 38.5 Å². The first-order valence-electron chi connectivity index (χ1n) is 6.92. The Kier molecular flexibility index (Phi) is 5.02. The van der Waals surface area contributed by atoms with Crippen LogP contribution in [0, 0.1) is 5.92 Å². The number of benzene rings is 1. The molecule has 2 rings (SSSR count). The molecular weight excluding hydrogens is 224 g/mol. The van der Waals surface area contributed by atoms with Crippen molar-refractivity contribution in [2.75, 3.05) is 26.2 Å². The molecule has 0 aromatic heterocycles. The molecule has 3 heteroatoms. The van der Waals surface area contributed by atoms with Gasteiger partial charge < -0.3 is 10.5 Å². The minimum absolute atomic E-state index is 0.707. The van der Waals surface area contributed by atoms with E-state index in [1.54, 1.807) is 0 Å². The number of fused-ring (bicyclic) bond motifs is 1. The van der Waals surface area contributed by atoms with Crippen LogP contribution in [0.25, 0.3) is 0 Å². The van der Waals surface area contributed by atoms with Crippen LogP contribution in [-0.4, -0.2) is 31.1 Å². The van der Waals surface area contributed by atoms with Crippen molar-refractivity contribution in [2.45, 2.75) is 26.3 Å². The maximum atomic E-state index is 5.78. The normalized spacial score (nSPS) is 17.7. The highest BCUT2D eigenvalue weighted by Crippen LogP contribution is 2.23. The average Bonchev–Trinajstić information content (AvgIpc) is 2.57. The van der Waals surface area contributed by atoms with Crippen molar-refractivity contribution in [1.29, 1.82) is 0 Å². The van der Waals surface area contributed by atoms with E-state index in [9.17, 15) is 0 Å². The number of rotatable bonds is 5. The Labute approximate surface area is 110 Å². The first-order chi connectivity index (χ1) is 8.79. The fourth-order valence-electron chi connectivity index (χ4n) is 2.53. The summed E-state index contributed by atoms with van der Waals surface area (Å²) in [6.07, 6.45) is 2.34. The molecule has 0 fully saturated rings. The van der Waals surface area contributed by atoms with E-state index < -0.39 is 0 Å². The van der Waals surface area contributed by atoms with Gasteiger partial charge in [0.05, 0.1) is 0 Å². The molecule has 18 heavy (non-hydrogen) atoms. The van der Waals surface area contributed by atoms with Crippen LogP contribution in [0.2, 0.25) is 0 Å². The van der Waals surface area contributed by atoms with Gasteiger partial charge in [0.25, 0.3) is 0 Å². The zero-order valence-corrected chi connectivity index (χ0v) is 11.3. The molecular formula is C15H24N2O. The van der Waals surface area contributed by atoms with E-state index in [0.29, 0.717) is 5.92 Å². The molecule has 0 radical (unpaired) electrons. The molecule has 0 saturated heterocycles. The maximum Gasteiger partial charge on any atom is 0.123 e. The Balaban J connectivity index is 1.91. The number of nitrogens with two attached hydrogens (primary N) is 1. The molecule has 1 aromatic carbocycles. The lowest BCUT2D eigenvalue weighted by molar-refractivity contribution is 0.198. The Morgan fingerprint density at radius 1 is 1.39 bits per heavy atom. The van der Waals surface area contributed by atoms with Crippen molar-refractivity contribution < 1.29 is 4.74 Å². The van der Waals surface area contributed by atoms with Gasteiger partial charge in [-0.15, -0.1) is 0 Å². The van der Waals surface area contributed by atoms with Crippen molar-refractivity contribution in [2.24, 2.45) is 11.7 Å². The lowest BCUT2D eigenvalue weighted by atomic mass is 10.0. The molecule has 0 saturated carbocycles. The van der Waals surface area contributed by atoms with Crippen LogP contribution in [0.5, 0.6) is 5.75 Å². The third-order valence-corrected chi connectivity index (χ3v) is 3.50. The maximum absolute atomic E-state index is 5.78. The number of ether oxygens (including phenoxy) is 1. The minimum atomic E-state index is 0.707. The number of nitrogens with zero attached hydrogens (tertiary/aromatic N) is 1. The third-order valence-electron chi connectivity index (χ3n) is 3.50. The molecule has 1 aliphatic rings. The van der Waals surface area contributed by atoms with E-state index in [1.165, 1.54) is 12.0 Å². The first kappa shape index (κ1) is 13.4. The van der Waals surface area contributed by atoms with Gasteiger partial charge in [-0.05, 0) is 31.4 Å². The minimum Gasteiger partial charge on any atom is -0.492 e. The second kappa shape index (κ2) is 6.76. The van der Waals surface area contributed by atoms with Gasteiger partial charge in [0, 0.05) is 25.2 Å². The van der Waals surface area contributed by atoms with Gasteiger partial charge in [-0.2, -0.15) is 0 Å². The van der Waals surface area contributed by atoms with E-state index in [-0.39, 0.29) is 0 Å². The summed E-state index contributed by atoms with van der Waals surface area (Å²) in [7, 11) is 0. The van der Waals surface area contributed by atoms with Gasteiger partial charge in [-0.3, -0.25) is 4.90 Å². The quantitative estimate of drug-likeness (QED) is 0.868. The molecule has 1 aliphatic heterocycles. The molecule has 3 nitrogen and oxygen atoms in total. The van der Waals surface area contributed by atoms with Gasteiger partial charge in [-0.25, -0.2) is 0 Å². The standard InChI is InChI=1S/C15H24N2O/c1-13(5-4-8-16)11-17-9-10-18-15-7-3-2-6-14(15)12-17/h2-3,6-7,13H,4-5,8-12,16H2,1H3. The number of hydrogen-bond donors (Lipinski definition) is 1. The highest BCUT2D eigenvalue weighted by molar-refractivity contribution is 5.33. The highest BCUT2D eigenvalue weighted by atomic mass is 16.5. The van der Waals surface area contributed by atoms with Crippen LogP contribution in [-0.2, 0) is 6.54 Å². The largest absolute Gasteiger partial charge is 0.492 e. The molecule has 0 spiro atoms. The summed E-state index contributed by atoms with van der Waals surface area (Å²) in [5, 5.41) is 0. The molecule has 1 atom stereocenters. The van der Waals surface area contributed by atoms with Crippen molar-refractivity contribution in [3.63, 3.8) is 0 Å². The van der Waals surface area contributed by atoms with Crippen molar-refractivity contribution >= 4 is 0 Å². The van der Waals surface area contributed by atoms with E-state index in [0.717, 1.165) is 45.0 Å². The Hall–Kier alpha value is -1.06. The van der Waals surface area contributed by atoms with Crippen LogP contribution in [0.15, 0.2) is 24.3 Å². The fourth-order valence-corrected chi connectivity index (χ4v) is 2.53. The summed E-state index contributed by atoms with van der Waals surface area (Å²) in [5.74, 6) is 1.76. The molecule has 0 amide bonds. The van der Waals surface area contributed by atoms with E-state index in [1.807, 2.05) is 6.07 Å². The fraction of sp³-hybridized carbons (Fsp3) is 0.600. The summed E-state index contributed by atoms with van der Waals surface area (Å²) in [6, 6.07) is 8.36. The predicted molar refractivity (Wildman–Crippen MR) is 74.7 cm³/mol. The van der Waals surface area contributed by atoms with Crippen LogP contribution >= 0.6 is 0 Å². The molecule has 1 heterocycles. The van der Waals surface area contributed by atoms with Gasteiger partial charge in [0.15, 0.2) is 0 Å². The van der Waals surface area contributed by atoms with Crippen LogP contribution in [0.4, 0.5) is 0 Å². The van der Waals surface area contributed by atoms with Crippen molar-refractivity contribution in [3.05, 3.63) is 29.8 Å². The van der Waals surface area contributed by atoms with Gasteiger partial charge in [0.1, 0.15) is 12.4 Å². The van der Waals surface area contributed by atoms with E-state index in [2.05, 4.69) is 30.0 Å². The van der Waals surface area contributed by atoms with Crippen LogP contribution in [0.3, 0.4) is 0 Å². The van der Waals surface area contributed by atoms with Crippen molar-refractivity contribution in [1.82, 2.24) is 4.90 Å². The Morgan fingerprint density at radius 3 is 3.06 bits per heavy atom. The van der Waals surface area contributed by atoms with Crippen molar-refractivity contribution in [3.8, 4) is 5.75 Å². The third kappa shape index (κ3) is 3.72. The monoisotopic (exact) mass is 248 g/mol. The molecule has 100 valence electrons. The molecule has 1 unspecified atom stereocenters. The number of para-hydroxylation sites is 1. The first-order valence-corrected chi connectivity index (χ1v) is 6.92. The van der Waals surface area contributed by atoms with E-state index in [4.69, 9.17) is 10.5 Å². The SMILES string of the molecule is CC(CCCN)CN1CCOc2ccccc2C1. The lowest BCUT2D eigenvalue weighted by Gasteiger charge is -2.23. The summed E-state index contributed by atoms with van der Waals surface area (Å²) < 4.78 is 5.78. The molecule has 2 N–H and O–H groups in total. The average molecular weight is 248 g/mol. The smallest absolute Gasteiger partial charge is 0.123 e. The predicted octanol–water partition coefficient (Wildman–Crippen LogP) is 2.26. The summed E-state index contributed by atoms with van der Waals surface area (Å²) >= 11 is 0. The highest BCUT2D eigenvalue weighted by Gasteiger charge is 2.16. The second-order valence-electron chi connectivity index (χ2n) is 5.23. The van der Waals surface area contributed by atoms with Gasteiger partial charge in [0.2, 0.25) is 0 Å². The molecule has 0 bridgehead atoms. The Morgan fingerprint density at radius 2 is 2.22 bits per heavy atom. The van der Waals surface area contributed by atoms with E-state index >= 15 is 0 Å². The summed E-state index contributed by atoms with van der Waals surface area (Å²) in [5.41, 5.74) is 6.87. The molecule has 0 aliphatic carbocycles. The van der Waals surface area contributed by atoms with Gasteiger partial charge in [-0.1, -0.05) is 25.1 Å². The second-order valence-corrected chi connectivity index (χ2v) is 5.23. The number of hydrogen-bond acceptors (Lipinski definition) is 3. The summed E-state index contributed by atoms with van der Waals surface area (Å²) in [6.45, 7) is 7.06. The summed E-state index contributed by atoms with van der Waals surface area (Å²) in [4.78, 5) is 2.49. The Bertz CT molecular complexity index is 367. The lowest BCUT2D eigenvalue weighted by Crippen LogP contribution is -2.30. The van der Waals surface area contributed by atoms with Crippen LogP contribution in [0.1, 0.15) is 25.3 Å². The zero-order chi connectivity index (χ0) is 12.8. The van der Waals surface area contributed by atoms with Gasteiger partial charge >= 0.3 is 0 Å². The zero-order valence-electron chi connectivity index (χ0n) is 11.3.